The van der Waals surface area contributed by atoms with E-state index in [1.54, 1.807) is 12.1 Å². The zero-order chi connectivity index (χ0) is 15.2. The third-order valence-electron chi connectivity index (χ3n) is 4.67. The van der Waals surface area contributed by atoms with Crippen LogP contribution < -0.4 is 5.32 Å². The predicted molar refractivity (Wildman–Crippen MR) is 83.3 cm³/mol. The quantitative estimate of drug-likeness (QED) is 0.802. The SMILES string of the molecule is CCCNC(Cc1cccc(F)c1F)C1CCCC(C)C1. The van der Waals surface area contributed by atoms with E-state index in [4.69, 9.17) is 0 Å². The highest BCUT2D eigenvalue weighted by Crippen LogP contribution is 2.32. The van der Waals surface area contributed by atoms with Gasteiger partial charge in [0.05, 0.1) is 0 Å². The molecule has 0 amide bonds. The van der Waals surface area contributed by atoms with Crippen molar-refractivity contribution in [2.75, 3.05) is 6.54 Å². The maximum atomic E-state index is 13.9. The first kappa shape index (κ1) is 16.4. The Morgan fingerprint density at radius 1 is 1.29 bits per heavy atom. The summed E-state index contributed by atoms with van der Waals surface area (Å²) >= 11 is 0. The molecule has 3 unspecified atom stereocenters. The van der Waals surface area contributed by atoms with Crippen molar-refractivity contribution >= 4 is 0 Å². The second-order valence-electron chi connectivity index (χ2n) is 6.51. The smallest absolute Gasteiger partial charge is 0.162 e. The fourth-order valence-corrected chi connectivity index (χ4v) is 3.52. The van der Waals surface area contributed by atoms with Gasteiger partial charge in [0, 0.05) is 6.04 Å². The van der Waals surface area contributed by atoms with Crippen LogP contribution in [0.2, 0.25) is 0 Å². The Balaban J connectivity index is 2.10. The molecule has 1 N–H and O–H groups in total. The van der Waals surface area contributed by atoms with E-state index in [-0.39, 0.29) is 6.04 Å². The van der Waals surface area contributed by atoms with Crippen LogP contribution >= 0.6 is 0 Å². The molecular weight excluding hydrogens is 268 g/mol. The Morgan fingerprint density at radius 2 is 2.10 bits per heavy atom. The van der Waals surface area contributed by atoms with Crippen LogP contribution in [0.1, 0.15) is 51.5 Å². The molecule has 118 valence electrons. The van der Waals surface area contributed by atoms with E-state index in [0.717, 1.165) is 18.9 Å². The molecule has 0 spiro atoms. The molecule has 1 aliphatic carbocycles. The van der Waals surface area contributed by atoms with Crippen LogP contribution in [0.4, 0.5) is 8.78 Å². The Labute approximate surface area is 127 Å². The van der Waals surface area contributed by atoms with E-state index in [2.05, 4.69) is 19.2 Å². The fraction of sp³-hybridized carbons (Fsp3) is 0.667. The lowest BCUT2D eigenvalue weighted by Gasteiger charge is -2.34. The van der Waals surface area contributed by atoms with Crippen LogP contribution in [0.3, 0.4) is 0 Å². The van der Waals surface area contributed by atoms with Gasteiger partial charge < -0.3 is 5.32 Å². The summed E-state index contributed by atoms with van der Waals surface area (Å²) in [6.07, 6.45) is 6.58. The highest BCUT2D eigenvalue weighted by Gasteiger charge is 2.27. The Hall–Kier alpha value is -0.960. The van der Waals surface area contributed by atoms with E-state index in [0.29, 0.717) is 17.9 Å². The average molecular weight is 295 g/mol. The molecule has 0 saturated heterocycles. The average Bonchev–Trinajstić information content (AvgIpc) is 2.47. The second kappa shape index (κ2) is 7.88. The lowest BCUT2D eigenvalue weighted by Crippen LogP contribution is -2.40. The van der Waals surface area contributed by atoms with Gasteiger partial charge in [0.25, 0.3) is 0 Å². The zero-order valence-corrected chi connectivity index (χ0v) is 13.2. The molecule has 2 rings (SSSR count). The number of rotatable bonds is 6. The van der Waals surface area contributed by atoms with Gasteiger partial charge in [0.15, 0.2) is 11.6 Å². The largest absolute Gasteiger partial charge is 0.313 e. The monoisotopic (exact) mass is 295 g/mol. The van der Waals surface area contributed by atoms with E-state index < -0.39 is 11.6 Å². The van der Waals surface area contributed by atoms with Crippen molar-refractivity contribution < 1.29 is 8.78 Å². The molecule has 21 heavy (non-hydrogen) atoms. The van der Waals surface area contributed by atoms with Gasteiger partial charge in [-0.25, -0.2) is 8.78 Å². The fourth-order valence-electron chi connectivity index (χ4n) is 3.52. The maximum Gasteiger partial charge on any atom is 0.162 e. The van der Waals surface area contributed by atoms with Gasteiger partial charge in [-0.3, -0.25) is 0 Å². The molecule has 0 aliphatic heterocycles. The minimum Gasteiger partial charge on any atom is -0.313 e. The molecular formula is C18H27F2N. The Bertz CT molecular complexity index is 447. The van der Waals surface area contributed by atoms with Gasteiger partial charge in [0.1, 0.15) is 0 Å². The Kier molecular flexibility index (Phi) is 6.16. The van der Waals surface area contributed by atoms with Crippen molar-refractivity contribution in [3.05, 3.63) is 35.4 Å². The minimum atomic E-state index is -0.737. The number of hydrogen-bond donors (Lipinski definition) is 1. The minimum absolute atomic E-state index is 0.254. The van der Waals surface area contributed by atoms with Gasteiger partial charge >= 0.3 is 0 Å². The molecule has 0 bridgehead atoms. The van der Waals surface area contributed by atoms with Gasteiger partial charge in [-0.1, -0.05) is 38.8 Å². The van der Waals surface area contributed by atoms with Crippen molar-refractivity contribution in [2.24, 2.45) is 11.8 Å². The van der Waals surface area contributed by atoms with Crippen LogP contribution in [0.15, 0.2) is 18.2 Å². The summed E-state index contributed by atoms with van der Waals surface area (Å²) in [5, 5.41) is 3.57. The van der Waals surface area contributed by atoms with Gasteiger partial charge in [-0.05, 0) is 55.7 Å². The molecule has 1 saturated carbocycles. The molecule has 1 fully saturated rings. The van der Waals surface area contributed by atoms with E-state index >= 15 is 0 Å². The highest BCUT2D eigenvalue weighted by atomic mass is 19.2. The molecule has 0 radical (unpaired) electrons. The van der Waals surface area contributed by atoms with E-state index in [1.807, 2.05) is 0 Å². The number of benzene rings is 1. The van der Waals surface area contributed by atoms with Crippen molar-refractivity contribution in [3.63, 3.8) is 0 Å². The van der Waals surface area contributed by atoms with Crippen molar-refractivity contribution in [1.82, 2.24) is 5.32 Å². The Morgan fingerprint density at radius 3 is 2.81 bits per heavy atom. The molecule has 1 aromatic rings. The van der Waals surface area contributed by atoms with Crippen LogP contribution in [0.5, 0.6) is 0 Å². The third-order valence-corrected chi connectivity index (χ3v) is 4.67. The third kappa shape index (κ3) is 4.50. The van der Waals surface area contributed by atoms with Crippen LogP contribution in [-0.4, -0.2) is 12.6 Å². The molecule has 0 heterocycles. The van der Waals surface area contributed by atoms with Gasteiger partial charge in [0.2, 0.25) is 0 Å². The highest BCUT2D eigenvalue weighted by molar-refractivity contribution is 5.20. The maximum absolute atomic E-state index is 13.9. The van der Waals surface area contributed by atoms with Gasteiger partial charge in [-0.2, -0.15) is 0 Å². The van der Waals surface area contributed by atoms with Crippen molar-refractivity contribution in [1.29, 1.82) is 0 Å². The summed E-state index contributed by atoms with van der Waals surface area (Å²) in [4.78, 5) is 0. The first-order chi connectivity index (χ1) is 10.1. The normalized spacial score (nSPS) is 24.0. The number of halogens is 2. The summed E-state index contributed by atoms with van der Waals surface area (Å²) in [6.45, 7) is 5.37. The number of nitrogens with one attached hydrogen (secondary N) is 1. The zero-order valence-electron chi connectivity index (χ0n) is 13.2. The summed E-state index contributed by atoms with van der Waals surface area (Å²) in [5.74, 6) is -0.0987. The first-order valence-electron chi connectivity index (χ1n) is 8.28. The molecule has 0 aromatic heterocycles. The topological polar surface area (TPSA) is 12.0 Å². The molecule has 3 atom stereocenters. The van der Waals surface area contributed by atoms with Gasteiger partial charge in [-0.15, -0.1) is 0 Å². The predicted octanol–water partition coefficient (Wildman–Crippen LogP) is 4.70. The lowest BCUT2D eigenvalue weighted by atomic mass is 9.77. The van der Waals surface area contributed by atoms with Crippen LogP contribution in [-0.2, 0) is 6.42 Å². The van der Waals surface area contributed by atoms with E-state index in [1.165, 1.54) is 31.7 Å². The summed E-state index contributed by atoms with van der Waals surface area (Å²) in [6, 6.07) is 4.76. The second-order valence-corrected chi connectivity index (χ2v) is 6.51. The van der Waals surface area contributed by atoms with Crippen molar-refractivity contribution in [2.45, 2.75) is 58.4 Å². The standard InChI is InChI=1S/C18H27F2N/c1-3-10-21-17(14-7-4-6-13(2)11-14)12-15-8-5-9-16(19)18(15)20/h5,8-9,13-14,17,21H,3-4,6-7,10-12H2,1-2H3. The molecule has 1 aromatic carbocycles. The van der Waals surface area contributed by atoms with Crippen molar-refractivity contribution in [3.8, 4) is 0 Å². The summed E-state index contributed by atoms with van der Waals surface area (Å²) in [7, 11) is 0. The van der Waals surface area contributed by atoms with E-state index in [9.17, 15) is 8.78 Å². The molecule has 1 aliphatic rings. The summed E-state index contributed by atoms with van der Waals surface area (Å²) in [5.41, 5.74) is 0.502. The summed E-state index contributed by atoms with van der Waals surface area (Å²) < 4.78 is 27.3. The van der Waals surface area contributed by atoms with Crippen LogP contribution in [0, 0.1) is 23.5 Å². The first-order valence-corrected chi connectivity index (χ1v) is 8.28. The molecule has 3 heteroatoms. The lowest BCUT2D eigenvalue weighted by molar-refractivity contribution is 0.220. The molecule has 1 nitrogen and oxygen atoms in total. The van der Waals surface area contributed by atoms with Crippen LogP contribution in [0.25, 0.3) is 0 Å². The number of hydrogen-bond acceptors (Lipinski definition) is 1.